The number of amides is 1. The number of hydrogen-bond acceptors (Lipinski definition) is 4. The van der Waals surface area contributed by atoms with E-state index in [0.29, 0.717) is 18.0 Å². The zero-order valence-electron chi connectivity index (χ0n) is 19.5. The Labute approximate surface area is 196 Å². The van der Waals surface area contributed by atoms with Gasteiger partial charge in [-0.2, -0.15) is 0 Å². The quantitative estimate of drug-likeness (QED) is 0.562. The predicted molar refractivity (Wildman–Crippen MR) is 133 cm³/mol. The molecule has 1 saturated heterocycles. The standard InChI is InChI=1S/C28H32N4O/c1-21(16-23-10-5-3-6-11-23)19-32-15-9-14-25(20-32)27-29-18-26(22(2)31-27)28(33)30-17-24-12-7-4-8-13-24/h3-8,10-13,16,18,25H,9,14-15,17,19-20H2,1-2H3,(H,30,33)/b21-16+. The molecular weight excluding hydrogens is 408 g/mol. The molecule has 170 valence electrons. The Morgan fingerprint density at radius 2 is 1.85 bits per heavy atom. The van der Waals surface area contributed by atoms with Crippen LogP contribution in [0.4, 0.5) is 0 Å². The van der Waals surface area contributed by atoms with Crippen LogP contribution in [0.2, 0.25) is 0 Å². The van der Waals surface area contributed by atoms with Crippen LogP contribution < -0.4 is 5.32 Å². The van der Waals surface area contributed by atoms with Gasteiger partial charge >= 0.3 is 0 Å². The Hall–Kier alpha value is -3.31. The SMILES string of the molecule is C/C(=C\c1ccccc1)CN1CCCC(c2ncc(C(=O)NCc3ccccc3)c(C)n2)C1. The molecule has 2 aromatic carbocycles. The number of nitrogens with one attached hydrogen (secondary N) is 1. The van der Waals surface area contributed by atoms with Crippen LogP contribution in [0.5, 0.6) is 0 Å². The number of carbonyl (C=O) groups is 1. The van der Waals surface area contributed by atoms with Gasteiger partial charge in [-0.05, 0) is 44.4 Å². The van der Waals surface area contributed by atoms with E-state index in [-0.39, 0.29) is 5.91 Å². The number of hydrogen-bond donors (Lipinski definition) is 1. The zero-order chi connectivity index (χ0) is 23.0. The summed E-state index contributed by atoms with van der Waals surface area (Å²) in [6.45, 7) is 7.57. The van der Waals surface area contributed by atoms with E-state index >= 15 is 0 Å². The Kier molecular flexibility index (Phi) is 7.63. The van der Waals surface area contributed by atoms with Crippen LogP contribution in [-0.2, 0) is 6.54 Å². The zero-order valence-corrected chi connectivity index (χ0v) is 19.5. The maximum Gasteiger partial charge on any atom is 0.254 e. The van der Waals surface area contributed by atoms with Crippen molar-refractivity contribution in [1.82, 2.24) is 20.2 Å². The van der Waals surface area contributed by atoms with Gasteiger partial charge in [-0.15, -0.1) is 0 Å². The lowest BCUT2D eigenvalue weighted by Crippen LogP contribution is -2.36. The van der Waals surface area contributed by atoms with Crippen molar-refractivity contribution in [1.29, 1.82) is 0 Å². The summed E-state index contributed by atoms with van der Waals surface area (Å²) in [5.41, 5.74) is 4.94. The second kappa shape index (κ2) is 11.0. The van der Waals surface area contributed by atoms with Crippen LogP contribution in [0.25, 0.3) is 6.08 Å². The van der Waals surface area contributed by atoms with Crippen molar-refractivity contribution in [2.24, 2.45) is 0 Å². The van der Waals surface area contributed by atoms with E-state index in [9.17, 15) is 4.79 Å². The van der Waals surface area contributed by atoms with E-state index in [1.54, 1.807) is 6.20 Å². The molecule has 3 aromatic rings. The molecule has 1 fully saturated rings. The van der Waals surface area contributed by atoms with Crippen molar-refractivity contribution in [3.63, 3.8) is 0 Å². The number of likely N-dealkylation sites (tertiary alicyclic amines) is 1. The lowest BCUT2D eigenvalue weighted by molar-refractivity contribution is 0.0949. The summed E-state index contributed by atoms with van der Waals surface area (Å²) in [4.78, 5) is 24.5. The maximum atomic E-state index is 12.6. The fourth-order valence-corrected chi connectivity index (χ4v) is 4.42. The highest BCUT2D eigenvalue weighted by Crippen LogP contribution is 2.25. The predicted octanol–water partition coefficient (Wildman–Crippen LogP) is 5.00. The van der Waals surface area contributed by atoms with E-state index < -0.39 is 0 Å². The Morgan fingerprint density at radius 1 is 1.12 bits per heavy atom. The molecule has 1 N–H and O–H groups in total. The highest BCUT2D eigenvalue weighted by atomic mass is 16.1. The van der Waals surface area contributed by atoms with Gasteiger partial charge in [0.25, 0.3) is 5.91 Å². The Bertz CT molecular complexity index is 1100. The molecule has 1 unspecified atom stereocenters. The normalized spacial score (nSPS) is 17.0. The van der Waals surface area contributed by atoms with Crippen LogP contribution in [0.3, 0.4) is 0 Å². The van der Waals surface area contributed by atoms with Crippen LogP contribution in [0.1, 0.15) is 58.7 Å². The molecule has 0 spiro atoms. The minimum absolute atomic E-state index is 0.130. The average Bonchev–Trinajstić information content (AvgIpc) is 2.84. The smallest absolute Gasteiger partial charge is 0.254 e. The van der Waals surface area contributed by atoms with Gasteiger partial charge in [0.2, 0.25) is 0 Å². The molecule has 1 amide bonds. The minimum Gasteiger partial charge on any atom is -0.348 e. The first-order valence-corrected chi connectivity index (χ1v) is 11.7. The summed E-state index contributed by atoms with van der Waals surface area (Å²) in [7, 11) is 0. The fraction of sp³-hybridized carbons (Fsp3) is 0.321. The number of carbonyl (C=O) groups excluding carboxylic acids is 1. The summed E-state index contributed by atoms with van der Waals surface area (Å²) in [6, 6.07) is 20.4. The largest absolute Gasteiger partial charge is 0.348 e. The summed E-state index contributed by atoms with van der Waals surface area (Å²) in [6.07, 6.45) is 6.16. The van der Waals surface area contributed by atoms with Gasteiger partial charge in [-0.3, -0.25) is 9.69 Å². The van der Waals surface area contributed by atoms with Crippen LogP contribution in [0, 0.1) is 6.92 Å². The molecule has 0 radical (unpaired) electrons. The van der Waals surface area contributed by atoms with Crippen molar-refractivity contribution in [3.05, 3.63) is 101 Å². The Balaban J connectivity index is 1.37. The molecule has 0 saturated carbocycles. The van der Waals surface area contributed by atoms with E-state index in [1.165, 1.54) is 11.1 Å². The molecule has 5 nitrogen and oxygen atoms in total. The number of piperidine rings is 1. The molecule has 1 aliphatic rings. The Morgan fingerprint density at radius 3 is 2.58 bits per heavy atom. The minimum atomic E-state index is -0.130. The van der Waals surface area contributed by atoms with E-state index in [0.717, 1.165) is 49.6 Å². The molecule has 0 aliphatic carbocycles. The second-order valence-electron chi connectivity index (χ2n) is 8.87. The van der Waals surface area contributed by atoms with Crippen molar-refractivity contribution >= 4 is 12.0 Å². The molecule has 1 aromatic heterocycles. The van der Waals surface area contributed by atoms with Gasteiger partial charge in [0.15, 0.2) is 0 Å². The highest BCUT2D eigenvalue weighted by molar-refractivity contribution is 5.94. The summed E-state index contributed by atoms with van der Waals surface area (Å²) < 4.78 is 0. The van der Waals surface area contributed by atoms with Gasteiger partial charge in [-0.1, -0.05) is 72.3 Å². The topological polar surface area (TPSA) is 58.1 Å². The lowest BCUT2D eigenvalue weighted by Gasteiger charge is -2.32. The summed E-state index contributed by atoms with van der Waals surface area (Å²) >= 11 is 0. The summed E-state index contributed by atoms with van der Waals surface area (Å²) in [5, 5.41) is 2.97. The molecule has 2 heterocycles. The van der Waals surface area contributed by atoms with Gasteiger partial charge in [0.05, 0.1) is 11.3 Å². The first kappa shape index (κ1) is 22.9. The number of aryl methyl sites for hydroxylation is 1. The van der Waals surface area contributed by atoms with Crippen LogP contribution in [-0.4, -0.2) is 40.4 Å². The third-order valence-corrected chi connectivity index (χ3v) is 6.09. The monoisotopic (exact) mass is 440 g/mol. The number of nitrogens with zero attached hydrogens (tertiary/aromatic N) is 3. The molecule has 1 atom stereocenters. The van der Waals surface area contributed by atoms with Gasteiger partial charge < -0.3 is 5.32 Å². The second-order valence-corrected chi connectivity index (χ2v) is 8.87. The van der Waals surface area contributed by atoms with Gasteiger partial charge in [0, 0.05) is 31.7 Å². The molecule has 0 bridgehead atoms. The third-order valence-electron chi connectivity index (χ3n) is 6.09. The highest BCUT2D eigenvalue weighted by Gasteiger charge is 2.24. The number of rotatable bonds is 7. The number of benzene rings is 2. The molecule has 4 rings (SSSR count). The van der Waals surface area contributed by atoms with E-state index in [1.807, 2.05) is 43.3 Å². The van der Waals surface area contributed by atoms with Crippen molar-refractivity contribution in [2.75, 3.05) is 19.6 Å². The first-order chi connectivity index (χ1) is 16.1. The van der Waals surface area contributed by atoms with Gasteiger partial charge in [-0.25, -0.2) is 9.97 Å². The molecular formula is C28H32N4O. The van der Waals surface area contributed by atoms with Crippen molar-refractivity contribution in [3.8, 4) is 0 Å². The van der Waals surface area contributed by atoms with E-state index in [2.05, 4.69) is 52.5 Å². The van der Waals surface area contributed by atoms with E-state index in [4.69, 9.17) is 4.98 Å². The third kappa shape index (κ3) is 6.36. The van der Waals surface area contributed by atoms with Crippen molar-refractivity contribution in [2.45, 2.75) is 39.2 Å². The van der Waals surface area contributed by atoms with Crippen LogP contribution >= 0.6 is 0 Å². The molecule has 1 aliphatic heterocycles. The maximum absolute atomic E-state index is 12.6. The molecule has 5 heteroatoms. The summed E-state index contributed by atoms with van der Waals surface area (Å²) in [5.74, 6) is 1.01. The van der Waals surface area contributed by atoms with Crippen LogP contribution in [0.15, 0.2) is 72.4 Å². The fourth-order valence-electron chi connectivity index (χ4n) is 4.42. The van der Waals surface area contributed by atoms with Gasteiger partial charge in [0.1, 0.15) is 5.82 Å². The first-order valence-electron chi connectivity index (χ1n) is 11.7. The lowest BCUT2D eigenvalue weighted by atomic mass is 9.96. The molecule has 33 heavy (non-hydrogen) atoms. The number of aromatic nitrogens is 2. The average molecular weight is 441 g/mol. The van der Waals surface area contributed by atoms with Crippen molar-refractivity contribution < 1.29 is 4.79 Å².